The van der Waals surface area contributed by atoms with E-state index in [4.69, 9.17) is 16.3 Å². The van der Waals surface area contributed by atoms with Crippen LogP contribution in [0.3, 0.4) is 0 Å². The van der Waals surface area contributed by atoms with Crippen molar-refractivity contribution < 1.29 is 30.7 Å². The first-order valence-electron chi connectivity index (χ1n) is 11.8. The molecule has 3 atom stereocenters. The Balaban J connectivity index is 1.51. The summed E-state index contributed by atoms with van der Waals surface area (Å²) in [5, 5.41) is 3.19. The molecule has 7 nitrogen and oxygen atoms in total. The molecule has 1 saturated carbocycles. The Kier molecular flexibility index (Phi) is 8.43. The van der Waals surface area contributed by atoms with E-state index >= 15 is 0 Å². The summed E-state index contributed by atoms with van der Waals surface area (Å²) in [6.07, 6.45) is -0.920. The Hall–Kier alpha value is -2.96. The quantitative estimate of drug-likeness (QED) is 0.332. The third kappa shape index (κ3) is 6.54. The van der Waals surface area contributed by atoms with Crippen molar-refractivity contribution in [1.82, 2.24) is 15.3 Å². The van der Waals surface area contributed by atoms with E-state index in [-0.39, 0.29) is 28.5 Å². The van der Waals surface area contributed by atoms with Crippen molar-refractivity contribution in [3.63, 3.8) is 0 Å². The minimum absolute atomic E-state index is 0.0319. The van der Waals surface area contributed by atoms with Crippen LogP contribution in [0.5, 0.6) is 5.75 Å². The van der Waals surface area contributed by atoms with Crippen molar-refractivity contribution in [2.75, 3.05) is 11.3 Å². The highest BCUT2D eigenvalue weighted by Crippen LogP contribution is 2.39. The van der Waals surface area contributed by atoms with Crippen molar-refractivity contribution in [2.45, 2.75) is 55.3 Å². The van der Waals surface area contributed by atoms with Crippen molar-refractivity contribution in [1.29, 1.82) is 0 Å². The van der Waals surface area contributed by atoms with Gasteiger partial charge >= 0.3 is 6.18 Å². The van der Waals surface area contributed by atoms with Crippen molar-refractivity contribution >= 4 is 27.4 Å². The van der Waals surface area contributed by atoms with Crippen molar-refractivity contribution in [3.8, 4) is 5.75 Å². The van der Waals surface area contributed by atoms with Gasteiger partial charge in [-0.25, -0.2) is 22.8 Å². The number of nitrogens with zero attached hydrogens (tertiary/aromatic N) is 2. The summed E-state index contributed by atoms with van der Waals surface area (Å²) in [7, 11) is -4.34. The molecule has 0 bridgehead atoms. The SMILES string of the molecule is CCN[C@H]1C[C@@H](c2cccc(C(F)(F)F)c2)CC[C@@H]1Oc1cc(F)c(S(=O)(=O)Nc2ccncn2)cc1Cl. The molecule has 3 aromatic rings. The number of sulfonamides is 1. The van der Waals surface area contributed by atoms with E-state index in [0.717, 1.165) is 24.5 Å². The molecule has 1 heterocycles. The fourth-order valence-corrected chi connectivity index (χ4v) is 5.91. The van der Waals surface area contributed by atoms with Gasteiger partial charge in [0.15, 0.2) is 0 Å². The highest BCUT2D eigenvalue weighted by atomic mass is 35.5. The fraction of sp³-hybridized carbons (Fsp3) is 0.360. The number of halogens is 5. The van der Waals surface area contributed by atoms with Gasteiger partial charge < -0.3 is 10.1 Å². The van der Waals surface area contributed by atoms with Crippen molar-refractivity contribution in [2.24, 2.45) is 0 Å². The first-order chi connectivity index (χ1) is 18.0. The molecule has 0 saturated heterocycles. The average Bonchev–Trinajstić information content (AvgIpc) is 2.87. The van der Waals surface area contributed by atoms with Gasteiger partial charge in [0, 0.05) is 18.3 Å². The first kappa shape index (κ1) is 28.1. The molecule has 0 aliphatic heterocycles. The van der Waals surface area contributed by atoms with E-state index in [9.17, 15) is 26.0 Å². The van der Waals surface area contributed by atoms with Crippen LogP contribution < -0.4 is 14.8 Å². The Labute approximate surface area is 222 Å². The summed E-state index contributed by atoms with van der Waals surface area (Å²) in [4.78, 5) is 6.78. The van der Waals surface area contributed by atoms with Crippen LogP contribution >= 0.6 is 11.6 Å². The van der Waals surface area contributed by atoms with E-state index in [2.05, 4.69) is 20.0 Å². The number of nitrogens with one attached hydrogen (secondary N) is 2. The summed E-state index contributed by atoms with van der Waals surface area (Å²) >= 11 is 6.30. The lowest BCUT2D eigenvalue weighted by atomic mass is 9.79. The van der Waals surface area contributed by atoms with E-state index in [0.29, 0.717) is 31.4 Å². The standard InChI is InChI=1S/C25H25ClF4N4O3S/c1-2-32-20-11-16(15-4-3-5-17(10-15)25(28,29)30)6-7-21(20)37-22-13-19(27)23(12-18(22)26)38(35,36)34-24-8-9-31-14-33-24/h3-5,8-10,12-14,16,20-21,32H,2,6-7,11H2,1H3,(H,31,33,34)/t16-,20-,21-/m0/s1. The largest absolute Gasteiger partial charge is 0.487 e. The molecule has 4 rings (SSSR count). The van der Waals surface area contributed by atoms with Gasteiger partial charge in [0.2, 0.25) is 0 Å². The molecule has 0 unspecified atom stereocenters. The van der Waals surface area contributed by atoms with Crippen LogP contribution in [0.25, 0.3) is 0 Å². The Morgan fingerprint density at radius 1 is 1.16 bits per heavy atom. The molecule has 1 fully saturated rings. The van der Waals surface area contributed by atoms with E-state index < -0.39 is 38.6 Å². The number of ether oxygens (including phenoxy) is 1. The molecule has 1 aromatic heterocycles. The summed E-state index contributed by atoms with van der Waals surface area (Å²) < 4.78 is 88.1. The van der Waals surface area contributed by atoms with Crippen LogP contribution in [0.15, 0.2) is 59.9 Å². The summed E-state index contributed by atoms with van der Waals surface area (Å²) in [6.45, 7) is 2.47. The number of alkyl halides is 3. The maximum Gasteiger partial charge on any atom is 0.416 e. The third-order valence-electron chi connectivity index (χ3n) is 6.31. The van der Waals surface area contributed by atoms with Crippen LogP contribution in [0.4, 0.5) is 23.4 Å². The molecule has 0 radical (unpaired) electrons. The maximum absolute atomic E-state index is 14.9. The first-order valence-corrected chi connectivity index (χ1v) is 13.7. The summed E-state index contributed by atoms with van der Waals surface area (Å²) in [5.41, 5.74) is -0.101. The molecule has 0 amide bonds. The lowest BCUT2D eigenvalue weighted by molar-refractivity contribution is -0.137. The zero-order valence-corrected chi connectivity index (χ0v) is 21.7. The van der Waals surface area contributed by atoms with E-state index in [1.807, 2.05) is 6.92 Å². The average molecular weight is 573 g/mol. The van der Waals surface area contributed by atoms with Crippen LogP contribution in [-0.2, 0) is 16.2 Å². The van der Waals surface area contributed by atoms with Crippen LogP contribution in [0, 0.1) is 5.82 Å². The minimum atomic E-state index is -4.43. The van der Waals surface area contributed by atoms with Crippen LogP contribution in [0.1, 0.15) is 43.2 Å². The second kappa shape index (κ2) is 11.4. The molecule has 1 aliphatic rings. The number of hydrogen-bond donors (Lipinski definition) is 2. The number of likely N-dealkylation sites (N-methyl/N-ethyl adjacent to an activating group) is 1. The molecule has 1 aliphatic carbocycles. The smallest absolute Gasteiger partial charge is 0.416 e. The predicted octanol–water partition coefficient (Wildman–Crippen LogP) is 5.78. The van der Waals surface area contributed by atoms with Gasteiger partial charge in [-0.15, -0.1) is 0 Å². The molecule has 2 N–H and O–H groups in total. The highest BCUT2D eigenvalue weighted by Gasteiger charge is 2.35. The van der Waals surface area contributed by atoms with E-state index in [1.165, 1.54) is 24.4 Å². The normalized spacial score (nSPS) is 20.2. The van der Waals surface area contributed by atoms with Gasteiger partial charge in [0.05, 0.1) is 10.6 Å². The third-order valence-corrected chi connectivity index (χ3v) is 7.98. The Morgan fingerprint density at radius 3 is 2.63 bits per heavy atom. The second-order valence-corrected chi connectivity index (χ2v) is 10.9. The van der Waals surface area contributed by atoms with Gasteiger partial charge in [-0.3, -0.25) is 4.72 Å². The number of benzene rings is 2. The van der Waals surface area contributed by atoms with E-state index in [1.54, 1.807) is 6.07 Å². The molecule has 38 heavy (non-hydrogen) atoms. The lowest BCUT2D eigenvalue weighted by Crippen LogP contribution is -2.46. The van der Waals surface area contributed by atoms with Gasteiger partial charge in [0.1, 0.15) is 34.7 Å². The zero-order chi connectivity index (χ0) is 27.5. The van der Waals surface area contributed by atoms with Gasteiger partial charge in [0.25, 0.3) is 10.0 Å². The number of rotatable bonds is 8. The molecule has 13 heteroatoms. The highest BCUT2D eigenvalue weighted by molar-refractivity contribution is 7.92. The van der Waals surface area contributed by atoms with Crippen LogP contribution in [-0.4, -0.2) is 37.1 Å². The van der Waals surface area contributed by atoms with Crippen molar-refractivity contribution in [3.05, 3.63) is 77.0 Å². The fourth-order valence-electron chi connectivity index (χ4n) is 4.55. The molecule has 2 aromatic carbocycles. The zero-order valence-electron chi connectivity index (χ0n) is 20.2. The number of anilines is 1. The lowest BCUT2D eigenvalue weighted by Gasteiger charge is -2.37. The Morgan fingerprint density at radius 2 is 1.95 bits per heavy atom. The maximum atomic E-state index is 14.9. The van der Waals surface area contributed by atoms with Gasteiger partial charge in [-0.1, -0.05) is 36.7 Å². The number of aromatic nitrogens is 2. The predicted molar refractivity (Wildman–Crippen MR) is 134 cm³/mol. The van der Waals surface area contributed by atoms with Crippen LogP contribution in [0.2, 0.25) is 5.02 Å². The van der Waals surface area contributed by atoms with Gasteiger partial charge in [-0.2, -0.15) is 13.2 Å². The molecule has 204 valence electrons. The summed E-state index contributed by atoms with van der Waals surface area (Å²) in [5.74, 6) is -1.27. The second-order valence-electron chi connectivity index (χ2n) is 8.87. The minimum Gasteiger partial charge on any atom is -0.487 e. The molecular weight excluding hydrogens is 548 g/mol. The molecular formula is C25H25ClF4N4O3S. The monoisotopic (exact) mass is 572 g/mol. The van der Waals surface area contributed by atoms with Gasteiger partial charge in [-0.05, 0) is 55.5 Å². The number of hydrogen-bond acceptors (Lipinski definition) is 6. The molecule has 0 spiro atoms. The topological polar surface area (TPSA) is 93.2 Å². The Bertz CT molecular complexity index is 1380. The summed E-state index contributed by atoms with van der Waals surface area (Å²) in [6, 6.07) is 8.25.